The first kappa shape index (κ1) is 60.9. The molecule has 0 aromatic carbocycles. The van der Waals surface area contributed by atoms with E-state index in [2.05, 4.69) is 19.2 Å². The van der Waals surface area contributed by atoms with Crippen molar-refractivity contribution < 1.29 is 64.6 Å². The molecule has 9 N–H and O–H groups in total. The Morgan fingerprint density at radius 3 is 1.39 bits per heavy atom. The van der Waals surface area contributed by atoms with Crippen LogP contribution < -0.4 is 5.32 Å². The molecule has 0 radical (unpaired) electrons. The van der Waals surface area contributed by atoms with Crippen LogP contribution in [0.25, 0.3) is 0 Å². The van der Waals surface area contributed by atoms with Gasteiger partial charge < -0.3 is 65.1 Å². The number of rotatable bonds is 42. The van der Waals surface area contributed by atoms with Crippen LogP contribution in [0.1, 0.15) is 219 Å². The van der Waals surface area contributed by atoms with Gasteiger partial charge in [0.15, 0.2) is 12.6 Å². The van der Waals surface area contributed by atoms with Gasteiger partial charge in [-0.25, -0.2) is 0 Å². The van der Waals surface area contributed by atoms with Crippen LogP contribution in [0.15, 0.2) is 12.2 Å². The molecule has 14 nitrogen and oxygen atoms in total. The molecule has 0 aliphatic carbocycles. The molecular weight excluding hydrogens is 847 g/mol. The summed E-state index contributed by atoms with van der Waals surface area (Å²) in [6, 6.07) is -0.907. The smallest absolute Gasteiger partial charge is 0.220 e. The summed E-state index contributed by atoms with van der Waals surface area (Å²) in [4.78, 5) is 13.2. The van der Waals surface area contributed by atoms with Gasteiger partial charge in [0.1, 0.15) is 48.8 Å². The first-order chi connectivity index (χ1) is 32.1. The van der Waals surface area contributed by atoms with E-state index in [4.69, 9.17) is 18.9 Å². The number of carbonyl (C=O) groups excluding carboxylic acids is 1. The maximum Gasteiger partial charge on any atom is 0.220 e. The number of amides is 1. The standard InChI is InChI=1S/C52H99NO13/c1-3-5-7-9-11-13-15-16-17-18-19-20-21-22-23-24-26-28-30-32-34-36-44(57)53-40(41(56)35-33-31-29-27-25-14-12-10-8-6-4-2)39-63-51-49(62)47(60)50(43(38-55)65-51)66-52-48(61)46(59)45(58)42(37-54)64-52/h33,35,40-43,45-52,54-56,58-62H,3-32,34,36-39H2,1-2H3,(H,53,57)/b35-33+/t40-,41+,42+,43+,45-,46?,47?,48?,49?,50+,51+,52-/m0/s1. The summed E-state index contributed by atoms with van der Waals surface area (Å²) in [5.41, 5.74) is 0. The van der Waals surface area contributed by atoms with Gasteiger partial charge in [-0.3, -0.25) is 4.79 Å². The molecular formula is C52H99NO13. The van der Waals surface area contributed by atoms with E-state index in [1.807, 2.05) is 6.08 Å². The maximum absolute atomic E-state index is 13.2. The molecule has 14 heteroatoms. The van der Waals surface area contributed by atoms with E-state index in [0.717, 1.165) is 38.5 Å². The molecule has 0 aromatic rings. The number of unbranched alkanes of at least 4 members (excludes halogenated alkanes) is 29. The van der Waals surface area contributed by atoms with Gasteiger partial charge in [-0.15, -0.1) is 0 Å². The van der Waals surface area contributed by atoms with Gasteiger partial charge >= 0.3 is 0 Å². The number of nitrogens with one attached hydrogen (secondary N) is 1. The molecule has 2 aliphatic rings. The molecule has 66 heavy (non-hydrogen) atoms. The molecule has 2 aliphatic heterocycles. The van der Waals surface area contributed by atoms with E-state index in [0.29, 0.717) is 6.42 Å². The fourth-order valence-corrected chi connectivity index (χ4v) is 9.06. The molecule has 390 valence electrons. The van der Waals surface area contributed by atoms with Crippen LogP contribution in [0.5, 0.6) is 0 Å². The lowest BCUT2D eigenvalue weighted by Crippen LogP contribution is -2.65. The molecule has 12 atom stereocenters. The number of allylic oxidation sites excluding steroid dienone is 1. The average molecular weight is 946 g/mol. The number of carbonyl (C=O) groups is 1. The van der Waals surface area contributed by atoms with Crippen LogP contribution in [0.2, 0.25) is 0 Å². The minimum atomic E-state index is -1.78. The monoisotopic (exact) mass is 946 g/mol. The van der Waals surface area contributed by atoms with E-state index in [1.54, 1.807) is 6.08 Å². The van der Waals surface area contributed by atoms with Crippen LogP contribution in [-0.2, 0) is 23.7 Å². The van der Waals surface area contributed by atoms with Crippen molar-refractivity contribution >= 4 is 5.91 Å². The second kappa shape index (κ2) is 39.5. The molecule has 2 rings (SSSR count). The minimum Gasteiger partial charge on any atom is -0.394 e. The van der Waals surface area contributed by atoms with Gasteiger partial charge in [0.05, 0.1) is 32.0 Å². The SMILES string of the molecule is CCCCCCCCCCC/C=C/[C@@H](O)[C@H](CO[C@@H]1O[C@H](CO)[C@@H](O[C@@H]2O[C@H](CO)[C@H](O)C(O)C2O)C(O)C1O)NC(=O)CCCCCCCCCCCCCCCCCCCCCCC. The van der Waals surface area contributed by atoms with Gasteiger partial charge in [-0.1, -0.05) is 206 Å². The van der Waals surface area contributed by atoms with E-state index in [1.165, 1.54) is 154 Å². The normalized spacial score (nSPS) is 26.8. The van der Waals surface area contributed by atoms with Crippen molar-refractivity contribution in [1.29, 1.82) is 0 Å². The molecule has 1 amide bonds. The quantitative estimate of drug-likeness (QED) is 0.0213. The van der Waals surface area contributed by atoms with E-state index in [9.17, 15) is 45.6 Å². The van der Waals surface area contributed by atoms with Crippen molar-refractivity contribution in [2.24, 2.45) is 0 Å². The third-order valence-electron chi connectivity index (χ3n) is 13.5. The number of hydrogen-bond acceptors (Lipinski definition) is 13. The van der Waals surface area contributed by atoms with Gasteiger partial charge in [-0.2, -0.15) is 0 Å². The van der Waals surface area contributed by atoms with Gasteiger partial charge in [0.25, 0.3) is 0 Å². The fourth-order valence-electron chi connectivity index (χ4n) is 9.06. The third kappa shape index (κ3) is 26.1. The summed E-state index contributed by atoms with van der Waals surface area (Å²) in [6.07, 6.45) is 25.4. The van der Waals surface area contributed by atoms with Crippen LogP contribution in [-0.4, -0.2) is 140 Å². The fraction of sp³-hybridized carbons (Fsp3) is 0.942. The summed E-state index contributed by atoms with van der Waals surface area (Å²) < 4.78 is 22.7. The Kier molecular flexibility index (Phi) is 36.4. The number of aliphatic hydroxyl groups is 8. The molecule has 0 aromatic heterocycles. The predicted molar refractivity (Wildman–Crippen MR) is 259 cm³/mol. The third-order valence-corrected chi connectivity index (χ3v) is 13.5. The van der Waals surface area contributed by atoms with Crippen molar-refractivity contribution in [2.75, 3.05) is 19.8 Å². The zero-order chi connectivity index (χ0) is 48.2. The van der Waals surface area contributed by atoms with Crippen LogP contribution in [0.3, 0.4) is 0 Å². The van der Waals surface area contributed by atoms with E-state index >= 15 is 0 Å². The van der Waals surface area contributed by atoms with E-state index < -0.39 is 86.8 Å². The summed E-state index contributed by atoms with van der Waals surface area (Å²) in [7, 11) is 0. The number of ether oxygens (including phenoxy) is 4. The Balaban J connectivity index is 1.77. The summed E-state index contributed by atoms with van der Waals surface area (Å²) in [5, 5.41) is 86.7. The second-order valence-electron chi connectivity index (χ2n) is 19.4. The first-order valence-electron chi connectivity index (χ1n) is 26.9. The van der Waals surface area contributed by atoms with Crippen molar-refractivity contribution in [3.05, 3.63) is 12.2 Å². The Morgan fingerprint density at radius 2 is 0.939 bits per heavy atom. The molecule has 0 saturated carbocycles. The summed E-state index contributed by atoms with van der Waals surface area (Å²) >= 11 is 0. The van der Waals surface area contributed by atoms with Gasteiger partial charge in [-0.05, 0) is 19.3 Å². The highest BCUT2D eigenvalue weighted by Gasteiger charge is 2.51. The number of aliphatic hydroxyl groups excluding tert-OH is 8. The molecule has 2 heterocycles. The highest BCUT2D eigenvalue weighted by molar-refractivity contribution is 5.76. The largest absolute Gasteiger partial charge is 0.394 e. The lowest BCUT2D eigenvalue weighted by atomic mass is 9.97. The zero-order valence-electron chi connectivity index (χ0n) is 41.5. The highest BCUT2D eigenvalue weighted by atomic mass is 16.7. The summed E-state index contributed by atoms with van der Waals surface area (Å²) in [6.45, 7) is 2.79. The van der Waals surface area contributed by atoms with Crippen LogP contribution >= 0.6 is 0 Å². The Bertz CT molecular complexity index is 1160. The van der Waals surface area contributed by atoms with Crippen molar-refractivity contribution in [1.82, 2.24) is 5.32 Å². The molecule has 0 bridgehead atoms. The van der Waals surface area contributed by atoms with Crippen molar-refractivity contribution in [3.63, 3.8) is 0 Å². The van der Waals surface area contributed by atoms with E-state index in [-0.39, 0.29) is 18.9 Å². The Labute approximate surface area is 399 Å². The van der Waals surface area contributed by atoms with Crippen LogP contribution in [0.4, 0.5) is 0 Å². The number of hydrogen-bond donors (Lipinski definition) is 9. The van der Waals surface area contributed by atoms with Gasteiger partial charge in [0.2, 0.25) is 5.91 Å². The van der Waals surface area contributed by atoms with Crippen molar-refractivity contribution in [2.45, 2.75) is 293 Å². The average Bonchev–Trinajstić information content (AvgIpc) is 3.31. The Morgan fingerprint density at radius 1 is 0.530 bits per heavy atom. The topological polar surface area (TPSA) is 228 Å². The zero-order valence-corrected chi connectivity index (χ0v) is 41.5. The predicted octanol–water partition coefficient (Wildman–Crippen LogP) is 7.55. The lowest BCUT2D eigenvalue weighted by molar-refractivity contribution is -0.359. The molecule has 2 saturated heterocycles. The Hall–Kier alpha value is -1.27. The minimum absolute atomic E-state index is 0.237. The van der Waals surface area contributed by atoms with Gasteiger partial charge in [0, 0.05) is 6.42 Å². The second-order valence-corrected chi connectivity index (χ2v) is 19.4. The molecule has 4 unspecified atom stereocenters. The highest BCUT2D eigenvalue weighted by Crippen LogP contribution is 2.30. The maximum atomic E-state index is 13.2. The van der Waals surface area contributed by atoms with Crippen LogP contribution in [0, 0.1) is 0 Å². The molecule has 2 fully saturated rings. The first-order valence-corrected chi connectivity index (χ1v) is 26.9. The lowest BCUT2D eigenvalue weighted by Gasteiger charge is -2.46. The molecule has 0 spiro atoms. The summed E-state index contributed by atoms with van der Waals surface area (Å²) in [5.74, 6) is -0.237. The van der Waals surface area contributed by atoms with Crippen molar-refractivity contribution in [3.8, 4) is 0 Å².